The fraction of sp³-hybridized carbons (Fsp3) is 0.125. The Bertz CT molecular complexity index is 845. The summed E-state index contributed by atoms with van der Waals surface area (Å²) in [6.07, 6.45) is 3.12. The van der Waals surface area contributed by atoms with Gasteiger partial charge in [-0.1, -0.05) is 6.07 Å². The fourth-order valence-corrected chi connectivity index (χ4v) is 2.19. The van der Waals surface area contributed by atoms with Crippen LogP contribution in [0.5, 0.6) is 0 Å². The first-order valence-electron chi connectivity index (χ1n) is 6.92. The Morgan fingerprint density at radius 2 is 2.09 bits per heavy atom. The maximum atomic E-state index is 12.8. The summed E-state index contributed by atoms with van der Waals surface area (Å²) in [5.74, 6) is -0.482. The number of fused-ring (bicyclic) bond motifs is 1. The molecule has 7 heteroatoms. The highest BCUT2D eigenvalue weighted by Crippen LogP contribution is 2.17. The summed E-state index contributed by atoms with van der Waals surface area (Å²) in [6.45, 7) is -0.215. The number of esters is 1. The van der Waals surface area contributed by atoms with Crippen LogP contribution in [0.15, 0.2) is 48.9 Å². The van der Waals surface area contributed by atoms with Crippen molar-refractivity contribution in [3.8, 4) is 0 Å². The zero-order valence-electron chi connectivity index (χ0n) is 12.4. The number of hydrogen-bond acceptors (Lipinski definition) is 5. The van der Waals surface area contributed by atoms with Gasteiger partial charge in [0.2, 0.25) is 0 Å². The Hall–Kier alpha value is -3.22. The minimum Gasteiger partial charge on any atom is -0.468 e. The molecule has 0 spiro atoms. The SMILES string of the molecule is COC(=O)CN(C(=O)c1ccc2nc[nH]c2c1)c1ccccn1. The average molecular weight is 310 g/mol. The number of anilines is 1. The number of pyridine rings is 1. The van der Waals surface area contributed by atoms with Gasteiger partial charge in [-0.25, -0.2) is 9.97 Å². The van der Waals surface area contributed by atoms with Gasteiger partial charge in [-0.2, -0.15) is 0 Å². The number of aromatic amines is 1. The Morgan fingerprint density at radius 1 is 1.22 bits per heavy atom. The van der Waals surface area contributed by atoms with Crippen LogP contribution in [0.4, 0.5) is 5.82 Å². The first kappa shape index (κ1) is 14.7. The van der Waals surface area contributed by atoms with E-state index in [1.165, 1.54) is 12.0 Å². The van der Waals surface area contributed by atoms with E-state index in [9.17, 15) is 9.59 Å². The molecular weight excluding hydrogens is 296 g/mol. The molecule has 0 aliphatic rings. The monoisotopic (exact) mass is 310 g/mol. The summed E-state index contributed by atoms with van der Waals surface area (Å²) in [4.78, 5) is 36.9. The molecule has 1 amide bonds. The molecule has 0 aliphatic carbocycles. The summed E-state index contributed by atoms with van der Waals surface area (Å²) >= 11 is 0. The number of benzene rings is 1. The fourth-order valence-electron chi connectivity index (χ4n) is 2.19. The smallest absolute Gasteiger partial charge is 0.325 e. The largest absolute Gasteiger partial charge is 0.468 e. The van der Waals surface area contributed by atoms with Crippen molar-refractivity contribution in [1.29, 1.82) is 0 Å². The van der Waals surface area contributed by atoms with E-state index in [0.29, 0.717) is 11.4 Å². The van der Waals surface area contributed by atoms with Crippen molar-refractivity contribution in [3.05, 3.63) is 54.5 Å². The van der Waals surface area contributed by atoms with E-state index < -0.39 is 5.97 Å². The first-order chi connectivity index (χ1) is 11.2. The second-order valence-electron chi connectivity index (χ2n) is 4.79. The van der Waals surface area contributed by atoms with E-state index in [2.05, 4.69) is 19.7 Å². The average Bonchev–Trinajstić information content (AvgIpc) is 3.07. The summed E-state index contributed by atoms with van der Waals surface area (Å²) in [5, 5.41) is 0. The van der Waals surface area contributed by atoms with E-state index in [0.717, 1.165) is 11.0 Å². The number of ether oxygens (including phenoxy) is 1. The molecule has 0 unspecified atom stereocenters. The van der Waals surface area contributed by atoms with Crippen molar-refractivity contribution in [1.82, 2.24) is 15.0 Å². The van der Waals surface area contributed by atoms with Crippen molar-refractivity contribution in [2.45, 2.75) is 0 Å². The normalized spacial score (nSPS) is 10.5. The van der Waals surface area contributed by atoms with Crippen LogP contribution in [0.2, 0.25) is 0 Å². The number of nitrogens with zero attached hydrogens (tertiary/aromatic N) is 3. The Kier molecular flexibility index (Phi) is 4.01. The minimum absolute atomic E-state index is 0.215. The van der Waals surface area contributed by atoms with Crippen LogP contribution < -0.4 is 4.90 Å². The minimum atomic E-state index is -0.522. The molecular formula is C16H14N4O3. The predicted octanol–water partition coefficient (Wildman–Crippen LogP) is 1.78. The second-order valence-corrected chi connectivity index (χ2v) is 4.79. The molecule has 0 aliphatic heterocycles. The second kappa shape index (κ2) is 6.27. The third-order valence-corrected chi connectivity index (χ3v) is 3.35. The van der Waals surface area contributed by atoms with Crippen LogP contribution in [-0.4, -0.2) is 40.5 Å². The van der Waals surface area contributed by atoms with E-state index in [-0.39, 0.29) is 12.5 Å². The van der Waals surface area contributed by atoms with Gasteiger partial charge in [0.1, 0.15) is 12.4 Å². The van der Waals surface area contributed by atoms with Gasteiger partial charge in [0.05, 0.1) is 24.5 Å². The molecule has 1 aromatic carbocycles. The molecule has 0 atom stereocenters. The molecule has 2 heterocycles. The van der Waals surface area contributed by atoms with Gasteiger partial charge in [-0.15, -0.1) is 0 Å². The Labute approximate surface area is 131 Å². The number of carbonyl (C=O) groups is 2. The number of rotatable bonds is 4. The lowest BCUT2D eigenvalue weighted by Gasteiger charge is -2.20. The van der Waals surface area contributed by atoms with Crippen LogP contribution in [0.3, 0.4) is 0 Å². The van der Waals surface area contributed by atoms with Crippen LogP contribution in [-0.2, 0) is 9.53 Å². The van der Waals surface area contributed by atoms with Crippen molar-refractivity contribution in [3.63, 3.8) is 0 Å². The number of imidazole rings is 1. The number of aromatic nitrogens is 3. The molecule has 3 rings (SSSR count). The number of nitrogens with one attached hydrogen (secondary N) is 1. The maximum Gasteiger partial charge on any atom is 0.325 e. The first-order valence-corrected chi connectivity index (χ1v) is 6.92. The van der Waals surface area contributed by atoms with E-state index >= 15 is 0 Å². The summed E-state index contributed by atoms with van der Waals surface area (Å²) < 4.78 is 4.67. The molecule has 7 nitrogen and oxygen atoms in total. The van der Waals surface area contributed by atoms with Crippen molar-refractivity contribution < 1.29 is 14.3 Å². The van der Waals surface area contributed by atoms with Gasteiger partial charge in [-0.3, -0.25) is 14.5 Å². The van der Waals surface area contributed by atoms with Gasteiger partial charge in [0, 0.05) is 11.8 Å². The third-order valence-electron chi connectivity index (χ3n) is 3.35. The predicted molar refractivity (Wildman–Crippen MR) is 84.0 cm³/mol. The molecule has 0 saturated heterocycles. The van der Waals surface area contributed by atoms with E-state index in [1.807, 2.05) is 0 Å². The van der Waals surface area contributed by atoms with E-state index in [4.69, 9.17) is 0 Å². The number of carbonyl (C=O) groups excluding carboxylic acids is 2. The molecule has 1 N–H and O–H groups in total. The zero-order chi connectivity index (χ0) is 16.2. The molecule has 116 valence electrons. The van der Waals surface area contributed by atoms with Crippen LogP contribution in [0.1, 0.15) is 10.4 Å². The Balaban J connectivity index is 1.97. The molecule has 0 bridgehead atoms. The highest BCUT2D eigenvalue weighted by atomic mass is 16.5. The summed E-state index contributed by atoms with van der Waals surface area (Å²) in [7, 11) is 1.28. The highest BCUT2D eigenvalue weighted by Gasteiger charge is 2.22. The van der Waals surface area contributed by atoms with Crippen LogP contribution in [0.25, 0.3) is 11.0 Å². The van der Waals surface area contributed by atoms with Gasteiger partial charge in [-0.05, 0) is 30.3 Å². The molecule has 23 heavy (non-hydrogen) atoms. The molecule has 3 aromatic rings. The van der Waals surface area contributed by atoms with Crippen LogP contribution >= 0.6 is 0 Å². The lowest BCUT2D eigenvalue weighted by molar-refractivity contribution is -0.138. The molecule has 0 fully saturated rings. The lowest BCUT2D eigenvalue weighted by Crippen LogP contribution is -2.36. The molecule has 2 aromatic heterocycles. The van der Waals surface area contributed by atoms with Crippen molar-refractivity contribution in [2.75, 3.05) is 18.6 Å². The molecule has 0 saturated carbocycles. The van der Waals surface area contributed by atoms with Gasteiger partial charge in [0.15, 0.2) is 0 Å². The number of methoxy groups -OCH3 is 1. The summed E-state index contributed by atoms with van der Waals surface area (Å²) in [6, 6.07) is 10.2. The van der Waals surface area contributed by atoms with Gasteiger partial charge in [0.25, 0.3) is 5.91 Å². The topological polar surface area (TPSA) is 88.2 Å². The highest BCUT2D eigenvalue weighted by molar-refractivity contribution is 6.09. The Morgan fingerprint density at radius 3 is 2.83 bits per heavy atom. The van der Waals surface area contributed by atoms with Crippen LogP contribution in [0, 0.1) is 0 Å². The standard InChI is InChI=1S/C16H14N4O3/c1-23-15(21)9-20(14-4-2-3-7-17-14)16(22)11-5-6-12-13(8-11)19-10-18-12/h2-8,10H,9H2,1H3,(H,18,19). The molecule has 0 radical (unpaired) electrons. The summed E-state index contributed by atoms with van der Waals surface area (Å²) in [5.41, 5.74) is 1.94. The quantitative estimate of drug-likeness (QED) is 0.742. The van der Waals surface area contributed by atoms with Crippen molar-refractivity contribution in [2.24, 2.45) is 0 Å². The lowest BCUT2D eigenvalue weighted by atomic mass is 10.1. The number of H-pyrrole nitrogens is 1. The number of amides is 1. The maximum absolute atomic E-state index is 12.8. The van der Waals surface area contributed by atoms with Gasteiger partial charge < -0.3 is 9.72 Å². The van der Waals surface area contributed by atoms with Gasteiger partial charge >= 0.3 is 5.97 Å². The number of hydrogen-bond donors (Lipinski definition) is 1. The third kappa shape index (κ3) is 3.03. The zero-order valence-corrected chi connectivity index (χ0v) is 12.4. The van der Waals surface area contributed by atoms with E-state index in [1.54, 1.807) is 48.9 Å². The van der Waals surface area contributed by atoms with Crippen molar-refractivity contribution >= 4 is 28.7 Å².